The van der Waals surface area contributed by atoms with E-state index < -0.39 is 0 Å². The fraction of sp³-hybridized carbons (Fsp3) is 0.625. The molecular formula is C16H23NO. The van der Waals surface area contributed by atoms with E-state index in [9.17, 15) is 0 Å². The van der Waals surface area contributed by atoms with E-state index in [0.717, 1.165) is 24.7 Å². The lowest BCUT2D eigenvalue weighted by molar-refractivity contribution is 0.294. The van der Waals surface area contributed by atoms with E-state index in [1.807, 2.05) is 0 Å². The summed E-state index contributed by atoms with van der Waals surface area (Å²) in [6.07, 6.45) is 7.82. The van der Waals surface area contributed by atoms with Crippen LogP contribution in [-0.4, -0.2) is 19.2 Å². The second kappa shape index (κ2) is 5.75. The van der Waals surface area contributed by atoms with Crippen LogP contribution in [0.1, 0.15) is 37.7 Å². The molecule has 3 rings (SSSR count). The third-order valence-corrected chi connectivity index (χ3v) is 4.02. The quantitative estimate of drug-likeness (QED) is 0.860. The van der Waals surface area contributed by atoms with Crippen molar-refractivity contribution in [3.8, 4) is 5.75 Å². The monoisotopic (exact) mass is 245 g/mol. The molecule has 18 heavy (non-hydrogen) atoms. The molecule has 1 N–H and O–H groups in total. The standard InChI is InChI=1S/C16H23NO/c1-2-7-16(18-12-13-8-9-13)14(5-1)11-15-6-3-4-10-17-15/h1-2,5,7,13,15,17H,3-4,6,8-12H2. The third-order valence-electron chi connectivity index (χ3n) is 4.02. The number of ether oxygens (including phenoxy) is 1. The van der Waals surface area contributed by atoms with Gasteiger partial charge in [-0.05, 0) is 56.2 Å². The summed E-state index contributed by atoms with van der Waals surface area (Å²) in [5, 5.41) is 3.62. The Hall–Kier alpha value is -1.02. The van der Waals surface area contributed by atoms with Gasteiger partial charge in [0.1, 0.15) is 5.75 Å². The maximum Gasteiger partial charge on any atom is 0.122 e. The van der Waals surface area contributed by atoms with Crippen LogP contribution in [0.5, 0.6) is 5.75 Å². The van der Waals surface area contributed by atoms with Gasteiger partial charge in [-0.2, -0.15) is 0 Å². The predicted molar refractivity (Wildman–Crippen MR) is 74.0 cm³/mol. The normalized spacial score (nSPS) is 23.9. The summed E-state index contributed by atoms with van der Waals surface area (Å²) in [7, 11) is 0. The number of rotatable bonds is 5. The van der Waals surface area contributed by atoms with E-state index >= 15 is 0 Å². The number of para-hydroxylation sites is 1. The van der Waals surface area contributed by atoms with Crippen LogP contribution in [0.2, 0.25) is 0 Å². The van der Waals surface area contributed by atoms with E-state index in [1.54, 1.807) is 0 Å². The Morgan fingerprint density at radius 1 is 1.11 bits per heavy atom. The van der Waals surface area contributed by atoms with Crippen molar-refractivity contribution < 1.29 is 4.74 Å². The number of nitrogens with one attached hydrogen (secondary N) is 1. The number of hydrogen-bond donors (Lipinski definition) is 1. The van der Waals surface area contributed by atoms with Crippen LogP contribution in [0.15, 0.2) is 24.3 Å². The van der Waals surface area contributed by atoms with E-state index in [4.69, 9.17) is 4.74 Å². The van der Waals surface area contributed by atoms with Crippen LogP contribution in [0, 0.1) is 5.92 Å². The molecule has 2 nitrogen and oxygen atoms in total. The van der Waals surface area contributed by atoms with Crippen molar-refractivity contribution in [3.05, 3.63) is 29.8 Å². The lowest BCUT2D eigenvalue weighted by atomic mass is 9.97. The predicted octanol–water partition coefficient (Wildman–Crippen LogP) is 3.16. The van der Waals surface area contributed by atoms with Gasteiger partial charge < -0.3 is 10.1 Å². The first-order valence-electron chi connectivity index (χ1n) is 7.36. The van der Waals surface area contributed by atoms with Crippen molar-refractivity contribution in [2.24, 2.45) is 5.92 Å². The molecule has 98 valence electrons. The third kappa shape index (κ3) is 3.26. The minimum absolute atomic E-state index is 0.643. The molecule has 1 aromatic carbocycles. The van der Waals surface area contributed by atoms with Gasteiger partial charge in [-0.25, -0.2) is 0 Å². The minimum Gasteiger partial charge on any atom is -0.493 e. The van der Waals surface area contributed by atoms with Crippen molar-refractivity contribution in [2.75, 3.05) is 13.2 Å². The molecule has 1 unspecified atom stereocenters. The van der Waals surface area contributed by atoms with Crippen molar-refractivity contribution in [1.82, 2.24) is 5.32 Å². The number of piperidine rings is 1. The Labute approximate surface area is 110 Å². The average Bonchev–Trinajstić information content (AvgIpc) is 3.23. The summed E-state index contributed by atoms with van der Waals surface area (Å²) in [4.78, 5) is 0. The molecule has 1 atom stereocenters. The van der Waals surface area contributed by atoms with Crippen LogP contribution >= 0.6 is 0 Å². The highest BCUT2D eigenvalue weighted by Crippen LogP contribution is 2.30. The van der Waals surface area contributed by atoms with Gasteiger partial charge in [0, 0.05) is 6.04 Å². The molecule has 1 aliphatic carbocycles. The summed E-state index contributed by atoms with van der Waals surface area (Å²) in [5.41, 5.74) is 1.37. The van der Waals surface area contributed by atoms with Crippen LogP contribution in [0.3, 0.4) is 0 Å². The zero-order chi connectivity index (χ0) is 12.2. The fourth-order valence-electron chi connectivity index (χ4n) is 2.67. The van der Waals surface area contributed by atoms with Gasteiger partial charge in [0.25, 0.3) is 0 Å². The van der Waals surface area contributed by atoms with Gasteiger partial charge in [0.15, 0.2) is 0 Å². The fourth-order valence-corrected chi connectivity index (χ4v) is 2.67. The van der Waals surface area contributed by atoms with Crippen molar-refractivity contribution in [2.45, 2.75) is 44.6 Å². The first-order chi connectivity index (χ1) is 8.92. The molecule has 1 aliphatic heterocycles. The summed E-state index contributed by atoms with van der Waals surface area (Å²) in [5.74, 6) is 1.93. The zero-order valence-electron chi connectivity index (χ0n) is 11.0. The summed E-state index contributed by atoms with van der Waals surface area (Å²) < 4.78 is 5.97. The molecule has 2 heteroatoms. The Balaban J connectivity index is 1.61. The smallest absolute Gasteiger partial charge is 0.122 e. The topological polar surface area (TPSA) is 21.3 Å². The van der Waals surface area contributed by atoms with Crippen molar-refractivity contribution >= 4 is 0 Å². The van der Waals surface area contributed by atoms with E-state index in [1.165, 1.54) is 44.2 Å². The van der Waals surface area contributed by atoms with Crippen LogP contribution in [0.25, 0.3) is 0 Å². The minimum atomic E-state index is 0.643. The molecule has 1 heterocycles. The lowest BCUT2D eigenvalue weighted by Crippen LogP contribution is -2.35. The first kappa shape index (κ1) is 12.0. The molecule has 1 aromatic rings. The molecule has 0 amide bonds. The van der Waals surface area contributed by atoms with Gasteiger partial charge >= 0.3 is 0 Å². The van der Waals surface area contributed by atoms with Crippen molar-refractivity contribution in [3.63, 3.8) is 0 Å². The summed E-state index contributed by atoms with van der Waals surface area (Å²) in [6, 6.07) is 9.20. The maximum atomic E-state index is 5.97. The number of benzene rings is 1. The highest BCUT2D eigenvalue weighted by molar-refractivity contribution is 5.34. The van der Waals surface area contributed by atoms with Crippen LogP contribution in [0.4, 0.5) is 0 Å². The number of hydrogen-bond acceptors (Lipinski definition) is 2. The molecule has 1 saturated heterocycles. The SMILES string of the molecule is c1ccc(OCC2CC2)c(CC2CCCCN2)c1. The van der Waals surface area contributed by atoms with Gasteiger partial charge in [0.05, 0.1) is 6.61 Å². The second-order valence-corrected chi connectivity index (χ2v) is 5.71. The first-order valence-corrected chi connectivity index (χ1v) is 7.36. The molecule has 0 bridgehead atoms. The molecule has 1 saturated carbocycles. The van der Waals surface area contributed by atoms with Crippen LogP contribution in [-0.2, 0) is 6.42 Å². The van der Waals surface area contributed by atoms with E-state index in [0.29, 0.717) is 6.04 Å². The lowest BCUT2D eigenvalue weighted by Gasteiger charge is -2.24. The molecule has 2 fully saturated rings. The zero-order valence-corrected chi connectivity index (χ0v) is 11.0. The Morgan fingerprint density at radius 3 is 2.78 bits per heavy atom. The molecule has 0 radical (unpaired) electrons. The Kier molecular flexibility index (Phi) is 3.84. The molecule has 0 aromatic heterocycles. The Bertz CT molecular complexity index is 380. The Morgan fingerprint density at radius 2 is 2.00 bits per heavy atom. The van der Waals surface area contributed by atoms with Crippen LogP contribution < -0.4 is 10.1 Å². The van der Waals surface area contributed by atoms with Gasteiger partial charge in [-0.15, -0.1) is 0 Å². The van der Waals surface area contributed by atoms with E-state index in [2.05, 4.69) is 29.6 Å². The molecule has 0 spiro atoms. The highest BCUT2D eigenvalue weighted by Gasteiger charge is 2.22. The van der Waals surface area contributed by atoms with Gasteiger partial charge in [0.2, 0.25) is 0 Å². The average molecular weight is 245 g/mol. The molecule has 2 aliphatic rings. The van der Waals surface area contributed by atoms with Gasteiger partial charge in [-0.3, -0.25) is 0 Å². The maximum absolute atomic E-state index is 5.97. The summed E-state index contributed by atoms with van der Waals surface area (Å²) in [6.45, 7) is 2.09. The molecular weight excluding hydrogens is 222 g/mol. The van der Waals surface area contributed by atoms with Crippen molar-refractivity contribution in [1.29, 1.82) is 0 Å². The highest BCUT2D eigenvalue weighted by atomic mass is 16.5. The second-order valence-electron chi connectivity index (χ2n) is 5.71. The summed E-state index contributed by atoms with van der Waals surface area (Å²) >= 11 is 0. The largest absolute Gasteiger partial charge is 0.493 e. The van der Waals surface area contributed by atoms with Gasteiger partial charge in [-0.1, -0.05) is 24.6 Å². The van der Waals surface area contributed by atoms with E-state index in [-0.39, 0.29) is 0 Å².